The molecule has 7 nitrogen and oxygen atoms in total. The van der Waals surface area contributed by atoms with Crippen molar-refractivity contribution in [3.8, 4) is 0 Å². The molecule has 3 heterocycles. The second-order valence-corrected chi connectivity index (χ2v) is 7.05. The maximum Gasteiger partial charge on any atom is 0.251 e. The van der Waals surface area contributed by atoms with Gasteiger partial charge < -0.3 is 10.2 Å². The van der Waals surface area contributed by atoms with Gasteiger partial charge in [0.05, 0.1) is 18.1 Å². The average molecular weight is 385 g/mol. The van der Waals surface area contributed by atoms with E-state index in [0.29, 0.717) is 23.7 Å². The van der Waals surface area contributed by atoms with Gasteiger partial charge >= 0.3 is 0 Å². The highest BCUT2D eigenvalue weighted by molar-refractivity contribution is 6.30. The van der Waals surface area contributed by atoms with E-state index in [1.807, 2.05) is 10.9 Å². The van der Waals surface area contributed by atoms with E-state index in [0.717, 1.165) is 29.9 Å². The minimum Gasteiger partial charge on any atom is -0.356 e. The molecule has 1 aliphatic heterocycles. The molecule has 4 rings (SSSR count). The van der Waals surface area contributed by atoms with Crippen molar-refractivity contribution in [1.29, 1.82) is 0 Å². The van der Waals surface area contributed by atoms with Crippen LogP contribution in [0.5, 0.6) is 0 Å². The highest BCUT2D eigenvalue weighted by Crippen LogP contribution is 2.25. The predicted molar refractivity (Wildman–Crippen MR) is 105 cm³/mol. The molecular formula is C19H21ClN6O. The molecule has 1 aromatic carbocycles. The number of aromatic nitrogens is 4. The summed E-state index contributed by atoms with van der Waals surface area (Å²) in [6.07, 6.45) is 7.06. The zero-order valence-corrected chi connectivity index (χ0v) is 15.7. The first-order valence-corrected chi connectivity index (χ1v) is 9.55. The van der Waals surface area contributed by atoms with Gasteiger partial charge in [-0.25, -0.2) is 14.6 Å². The Kier molecular flexibility index (Phi) is 5.20. The van der Waals surface area contributed by atoms with E-state index in [9.17, 15) is 4.79 Å². The molecule has 0 bridgehead atoms. The molecule has 1 N–H and O–H groups in total. The lowest BCUT2D eigenvalue weighted by atomic mass is 10.1. The largest absolute Gasteiger partial charge is 0.356 e. The molecule has 1 amide bonds. The molecule has 140 valence electrons. The Morgan fingerprint density at radius 1 is 1.19 bits per heavy atom. The van der Waals surface area contributed by atoms with E-state index in [2.05, 4.69) is 25.3 Å². The SMILES string of the molecule is O=C(NCCn1ncc2c(N3CCCCC3)ncnc21)c1cccc(Cl)c1. The number of amides is 1. The van der Waals surface area contributed by atoms with Gasteiger partial charge in [0.2, 0.25) is 0 Å². The third-order valence-corrected chi connectivity index (χ3v) is 5.00. The summed E-state index contributed by atoms with van der Waals surface area (Å²) in [4.78, 5) is 23.4. The number of benzene rings is 1. The number of carbonyl (C=O) groups excluding carboxylic acids is 1. The highest BCUT2D eigenvalue weighted by atomic mass is 35.5. The third kappa shape index (κ3) is 3.88. The van der Waals surface area contributed by atoms with Crippen LogP contribution in [0, 0.1) is 0 Å². The van der Waals surface area contributed by atoms with E-state index < -0.39 is 0 Å². The van der Waals surface area contributed by atoms with Crippen molar-refractivity contribution in [2.24, 2.45) is 0 Å². The topological polar surface area (TPSA) is 75.9 Å². The van der Waals surface area contributed by atoms with Crippen molar-refractivity contribution in [2.45, 2.75) is 25.8 Å². The van der Waals surface area contributed by atoms with Crippen LogP contribution < -0.4 is 10.2 Å². The Morgan fingerprint density at radius 2 is 2.04 bits per heavy atom. The van der Waals surface area contributed by atoms with E-state index in [-0.39, 0.29) is 5.91 Å². The molecule has 0 aliphatic carbocycles. The average Bonchev–Trinajstić information content (AvgIpc) is 3.12. The standard InChI is InChI=1S/C19H21ClN6O/c20-15-6-4-5-14(11-15)19(27)21-7-10-26-18-16(12-24-26)17(22-13-23-18)25-8-2-1-3-9-25/h4-6,11-13H,1-3,7-10H2,(H,21,27). The number of rotatable bonds is 5. The van der Waals surface area contributed by atoms with E-state index in [1.165, 1.54) is 19.3 Å². The molecular weight excluding hydrogens is 364 g/mol. The number of hydrogen-bond donors (Lipinski definition) is 1. The Morgan fingerprint density at radius 3 is 2.85 bits per heavy atom. The van der Waals surface area contributed by atoms with Gasteiger partial charge in [-0.05, 0) is 37.5 Å². The number of halogens is 1. The van der Waals surface area contributed by atoms with Crippen molar-refractivity contribution < 1.29 is 4.79 Å². The molecule has 27 heavy (non-hydrogen) atoms. The van der Waals surface area contributed by atoms with Crippen molar-refractivity contribution in [2.75, 3.05) is 24.5 Å². The van der Waals surface area contributed by atoms with Crippen LogP contribution >= 0.6 is 11.6 Å². The summed E-state index contributed by atoms with van der Waals surface area (Å²) < 4.78 is 1.81. The molecule has 0 unspecified atom stereocenters. The Balaban J connectivity index is 1.44. The molecule has 0 spiro atoms. The van der Waals surface area contributed by atoms with Gasteiger partial charge in [0.1, 0.15) is 12.1 Å². The Labute approximate surface area is 162 Å². The van der Waals surface area contributed by atoms with Crippen molar-refractivity contribution in [1.82, 2.24) is 25.1 Å². The number of piperidine rings is 1. The smallest absolute Gasteiger partial charge is 0.251 e. The fraction of sp³-hybridized carbons (Fsp3) is 0.368. The molecule has 0 radical (unpaired) electrons. The molecule has 3 aromatic rings. The summed E-state index contributed by atoms with van der Waals surface area (Å²) in [5.74, 6) is 0.798. The van der Waals surface area contributed by atoms with Gasteiger partial charge in [0.15, 0.2) is 5.65 Å². The van der Waals surface area contributed by atoms with Gasteiger partial charge in [-0.2, -0.15) is 5.10 Å². The summed E-state index contributed by atoms with van der Waals surface area (Å²) in [7, 11) is 0. The fourth-order valence-corrected chi connectivity index (χ4v) is 3.60. The Hall–Kier alpha value is -2.67. The first kappa shape index (κ1) is 17.7. The van der Waals surface area contributed by atoms with Crippen molar-refractivity contribution in [3.05, 3.63) is 47.4 Å². The molecule has 8 heteroatoms. The number of nitrogens with zero attached hydrogens (tertiary/aromatic N) is 5. The highest BCUT2D eigenvalue weighted by Gasteiger charge is 2.17. The van der Waals surface area contributed by atoms with Crippen LogP contribution in [0.15, 0.2) is 36.8 Å². The molecule has 0 atom stereocenters. The zero-order chi connectivity index (χ0) is 18.6. The Bertz CT molecular complexity index is 950. The first-order chi connectivity index (χ1) is 13.2. The first-order valence-electron chi connectivity index (χ1n) is 9.17. The fourth-order valence-electron chi connectivity index (χ4n) is 3.41. The van der Waals surface area contributed by atoms with Crippen molar-refractivity contribution >= 4 is 34.4 Å². The van der Waals surface area contributed by atoms with Gasteiger partial charge in [0.25, 0.3) is 5.91 Å². The van der Waals surface area contributed by atoms with E-state index in [1.54, 1.807) is 30.6 Å². The van der Waals surface area contributed by atoms with Gasteiger partial charge in [-0.3, -0.25) is 4.79 Å². The lowest BCUT2D eigenvalue weighted by Crippen LogP contribution is -2.30. The van der Waals surface area contributed by atoms with Crippen LogP contribution in [-0.2, 0) is 6.54 Å². The summed E-state index contributed by atoms with van der Waals surface area (Å²) in [5.41, 5.74) is 1.34. The van der Waals surface area contributed by atoms with Gasteiger partial charge in [0, 0.05) is 30.2 Å². The van der Waals surface area contributed by atoms with Crippen LogP contribution in [-0.4, -0.2) is 45.3 Å². The quantitative estimate of drug-likeness (QED) is 0.732. The second-order valence-electron chi connectivity index (χ2n) is 6.62. The molecule has 2 aromatic heterocycles. The third-order valence-electron chi connectivity index (χ3n) is 4.76. The monoisotopic (exact) mass is 384 g/mol. The van der Waals surface area contributed by atoms with Crippen LogP contribution in [0.3, 0.4) is 0 Å². The lowest BCUT2D eigenvalue weighted by Gasteiger charge is -2.27. The normalized spacial score (nSPS) is 14.5. The van der Waals surface area contributed by atoms with Crippen molar-refractivity contribution in [3.63, 3.8) is 0 Å². The van der Waals surface area contributed by atoms with Crippen LogP contribution in [0.1, 0.15) is 29.6 Å². The number of hydrogen-bond acceptors (Lipinski definition) is 5. The summed E-state index contributed by atoms with van der Waals surface area (Å²) >= 11 is 5.94. The van der Waals surface area contributed by atoms with E-state index in [4.69, 9.17) is 11.6 Å². The molecule has 0 saturated carbocycles. The molecule has 1 saturated heterocycles. The van der Waals surface area contributed by atoms with Crippen LogP contribution in [0.2, 0.25) is 5.02 Å². The zero-order valence-electron chi connectivity index (χ0n) is 14.9. The minimum absolute atomic E-state index is 0.155. The molecule has 1 aliphatic rings. The number of nitrogens with one attached hydrogen (secondary N) is 1. The summed E-state index contributed by atoms with van der Waals surface area (Å²) in [5, 5.41) is 8.85. The summed E-state index contributed by atoms with van der Waals surface area (Å²) in [6, 6.07) is 6.89. The molecule has 1 fully saturated rings. The van der Waals surface area contributed by atoms with Crippen LogP contribution in [0.4, 0.5) is 5.82 Å². The van der Waals surface area contributed by atoms with Gasteiger partial charge in [-0.15, -0.1) is 0 Å². The van der Waals surface area contributed by atoms with E-state index >= 15 is 0 Å². The second kappa shape index (κ2) is 7.92. The predicted octanol–water partition coefficient (Wildman–Crippen LogP) is 2.90. The lowest BCUT2D eigenvalue weighted by molar-refractivity contribution is 0.0952. The number of anilines is 1. The van der Waals surface area contributed by atoms with Gasteiger partial charge in [-0.1, -0.05) is 17.7 Å². The maximum atomic E-state index is 12.2. The number of fused-ring (bicyclic) bond motifs is 1. The minimum atomic E-state index is -0.155. The van der Waals surface area contributed by atoms with Crippen LogP contribution in [0.25, 0.3) is 11.0 Å². The number of carbonyl (C=O) groups is 1. The summed E-state index contributed by atoms with van der Waals surface area (Å²) in [6.45, 7) is 3.03. The maximum absolute atomic E-state index is 12.2.